The Morgan fingerprint density at radius 3 is 2.69 bits per heavy atom. The number of thiophene rings is 1. The highest BCUT2D eigenvalue weighted by Crippen LogP contribution is 2.22. The third-order valence-corrected chi connectivity index (χ3v) is 5.28. The molecule has 8 heteroatoms. The molecule has 1 saturated heterocycles. The number of hydrogen-bond donors (Lipinski definition) is 0. The lowest BCUT2D eigenvalue weighted by Gasteiger charge is -2.31. The van der Waals surface area contributed by atoms with Crippen molar-refractivity contribution in [2.75, 3.05) is 26.7 Å². The van der Waals surface area contributed by atoms with E-state index in [2.05, 4.69) is 0 Å². The van der Waals surface area contributed by atoms with Gasteiger partial charge in [-0.15, -0.1) is 11.3 Å². The van der Waals surface area contributed by atoms with Crippen LogP contribution in [0.2, 0.25) is 0 Å². The van der Waals surface area contributed by atoms with Crippen LogP contribution in [0.5, 0.6) is 0 Å². The van der Waals surface area contributed by atoms with Crippen LogP contribution in [0.3, 0.4) is 0 Å². The van der Waals surface area contributed by atoms with Crippen molar-refractivity contribution in [1.29, 1.82) is 5.26 Å². The highest BCUT2D eigenvalue weighted by molar-refractivity contribution is 7.12. The van der Waals surface area contributed by atoms with Crippen molar-refractivity contribution in [3.05, 3.63) is 22.4 Å². The van der Waals surface area contributed by atoms with Crippen molar-refractivity contribution < 1.29 is 19.1 Å². The van der Waals surface area contributed by atoms with Gasteiger partial charge in [0.1, 0.15) is 0 Å². The molecule has 0 unspecified atom stereocenters. The Balaban J connectivity index is 1.80. The fourth-order valence-electron chi connectivity index (χ4n) is 2.83. The molecule has 2 amide bonds. The van der Waals surface area contributed by atoms with Gasteiger partial charge in [-0.25, -0.2) is 0 Å². The first-order valence-electron chi connectivity index (χ1n) is 8.59. The van der Waals surface area contributed by atoms with Crippen molar-refractivity contribution in [3.8, 4) is 6.07 Å². The molecule has 0 saturated carbocycles. The molecule has 0 aromatic carbocycles. The maximum atomic E-state index is 12.3. The van der Waals surface area contributed by atoms with Gasteiger partial charge in [0, 0.05) is 26.7 Å². The molecule has 1 aliphatic rings. The number of nitriles is 1. The van der Waals surface area contributed by atoms with E-state index >= 15 is 0 Å². The Bertz CT molecular complexity index is 675. The Labute approximate surface area is 157 Å². The molecule has 1 atom stereocenters. The van der Waals surface area contributed by atoms with Gasteiger partial charge in [0.05, 0.1) is 23.3 Å². The van der Waals surface area contributed by atoms with E-state index in [1.807, 2.05) is 17.5 Å². The molecular weight excluding hydrogens is 354 g/mol. The SMILES string of the molecule is C[C@H](OC(=O)C1CCN(C(=O)c2cccs2)CC1)C(=O)N(C)CCC#N. The van der Waals surface area contributed by atoms with Crippen LogP contribution in [-0.4, -0.2) is 60.4 Å². The summed E-state index contributed by atoms with van der Waals surface area (Å²) in [6, 6.07) is 5.61. The molecule has 7 nitrogen and oxygen atoms in total. The van der Waals surface area contributed by atoms with Crippen LogP contribution < -0.4 is 0 Å². The van der Waals surface area contributed by atoms with E-state index in [-0.39, 0.29) is 24.2 Å². The summed E-state index contributed by atoms with van der Waals surface area (Å²) in [6.45, 7) is 2.85. The van der Waals surface area contributed by atoms with Gasteiger partial charge in [0.2, 0.25) is 0 Å². The molecule has 0 spiro atoms. The van der Waals surface area contributed by atoms with Gasteiger partial charge in [0.25, 0.3) is 11.8 Å². The summed E-state index contributed by atoms with van der Waals surface area (Å²) in [5.41, 5.74) is 0. The molecule has 140 valence electrons. The van der Waals surface area contributed by atoms with Crippen LogP contribution in [0.15, 0.2) is 17.5 Å². The zero-order valence-electron chi connectivity index (χ0n) is 15.0. The van der Waals surface area contributed by atoms with E-state index in [1.165, 1.54) is 16.2 Å². The van der Waals surface area contributed by atoms with Crippen molar-refractivity contribution >= 4 is 29.1 Å². The molecule has 26 heavy (non-hydrogen) atoms. The number of piperidine rings is 1. The lowest BCUT2D eigenvalue weighted by molar-refractivity contribution is -0.163. The van der Waals surface area contributed by atoms with E-state index in [4.69, 9.17) is 10.00 Å². The van der Waals surface area contributed by atoms with Gasteiger partial charge < -0.3 is 14.5 Å². The predicted octanol–water partition coefficient (Wildman–Crippen LogP) is 1.90. The average molecular weight is 377 g/mol. The molecule has 2 rings (SSSR count). The first kappa shape index (κ1) is 19.9. The number of amides is 2. The third-order valence-electron chi connectivity index (χ3n) is 4.42. The molecule has 1 aromatic heterocycles. The fourth-order valence-corrected chi connectivity index (χ4v) is 3.52. The minimum absolute atomic E-state index is 0.00511. The van der Waals surface area contributed by atoms with Crippen LogP contribution >= 0.6 is 11.3 Å². The average Bonchev–Trinajstić information content (AvgIpc) is 3.19. The summed E-state index contributed by atoms with van der Waals surface area (Å²) in [4.78, 5) is 40.6. The number of ether oxygens (including phenoxy) is 1. The van der Waals surface area contributed by atoms with Crippen LogP contribution in [0.4, 0.5) is 0 Å². The van der Waals surface area contributed by atoms with E-state index in [9.17, 15) is 14.4 Å². The van der Waals surface area contributed by atoms with Gasteiger partial charge >= 0.3 is 5.97 Å². The topological polar surface area (TPSA) is 90.7 Å². The number of carbonyl (C=O) groups is 3. The number of esters is 1. The van der Waals surface area contributed by atoms with Crippen molar-refractivity contribution in [2.24, 2.45) is 5.92 Å². The van der Waals surface area contributed by atoms with E-state index < -0.39 is 12.1 Å². The smallest absolute Gasteiger partial charge is 0.309 e. The summed E-state index contributed by atoms with van der Waals surface area (Å²) in [7, 11) is 1.58. The van der Waals surface area contributed by atoms with Crippen LogP contribution in [0, 0.1) is 17.2 Å². The van der Waals surface area contributed by atoms with Crippen LogP contribution in [0.1, 0.15) is 35.9 Å². The number of nitrogens with zero attached hydrogens (tertiary/aromatic N) is 3. The van der Waals surface area contributed by atoms with Gasteiger partial charge in [0.15, 0.2) is 6.10 Å². The second-order valence-corrected chi connectivity index (χ2v) is 7.24. The predicted molar refractivity (Wildman–Crippen MR) is 96.4 cm³/mol. The normalized spacial score (nSPS) is 15.8. The molecule has 0 N–H and O–H groups in total. The quantitative estimate of drug-likeness (QED) is 0.706. The number of likely N-dealkylation sites (tertiary alicyclic amines) is 1. The maximum absolute atomic E-state index is 12.3. The third kappa shape index (κ3) is 5.05. The van der Waals surface area contributed by atoms with Gasteiger partial charge in [-0.2, -0.15) is 5.26 Å². The van der Waals surface area contributed by atoms with E-state index in [0.29, 0.717) is 37.4 Å². The van der Waals surface area contributed by atoms with Crippen LogP contribution in [0.25, 0.3) is 0 Å². The van der Waals surface area contributed by atoms with E-state index in [1.54, 1.807) is 24.9 Å². The lowest BCUT2D eigenvalue weighted by atomic mass is 9.97. The molecular formula is C18H23N3O4S. The lowest BCUT2D eigenvalue weighted by Crippen LogP contribution is -2.42. The summed E-state index contributed by atoms with van der Waals surface area (Å²) in [6.07, 6.45) is 0.416. The van der Waals surface area contributed by atoms with Crippen molar-refractivity contribution in [1.82, 2.24) is 9.80 Å². The van der Waals surface area contributed by atoms with E-state index in [0.717, 1.165) is 0 Å². The standard InChI is InChI=1S/C18H23N3O4S/c1-13(16(22)20(2)9-4-8-19)25-18(24)14-6-10-21(11-7-14)17(23)15-5-3-12-26-15/h3,5,12-14H,4,6-7,9-11H2,1-2H3/t13-/m0/s1. The Morgan fingerprint density at radius 2 is 2.12 bits per heavy atom. The number of likely N-dealkylation sites (N-methyl/N-ethyl adjacent to an activating group) is 1. The van der Waals surface area contributed by atoms with Gasteiger partial charge in [-0.3, -0.25) is 14.4 Å². The summed E-state index contributed by atoms with van der Waals surface area (Å²) in [5, 5.41) is 10.4. The number of rotatable bonds is 6. The summed E-state index contributed by atoms with van der Waals surface area (Å²) >= 11 is 1.41. The molecule has 1 fully saturated rings. The number of carbonyl (C=O) groups excluding carboxylic acids is 3. The van der Waals surface area contributed by atoms with Crippen molar-refractivity contribution in [2.45, 2.75) is 32.3 Å². The molecule has 0 aliphatic carbocycles. The maximum Gasteiger partial charge on any atom is 0.309 e. The Morgan fingerprint density at radius 1 is 1.42 bits per heavy atom. The molecule has 0 bridgehead atoms. The monoisotopic (exact) mass is 377 g/mol. The Kier molecular flexibility index (Phi) is 7.16. The van der Waals surface area contributed by atoms with Crippen molar-refractivity contribution in [3.63, 3.8) is 0 Å². The highest BCUT2D eigenvalue weighted by Gasteiger charge is 2.31. The minimum atomic E-state index is -0.878. The second-order valence-electron chi connectivity index (χ2n) is 6.29. The fraction of sp³-hybridized carbons (Fsp3) is 0.556. The van der Waals surface area contributed by atoms with Gasteiger partial charge in [-0.05, 0) is 31.2 Å². The molecule has 1 aliphatic heterocycles. The highest BCUT2D eigenvalue weighted by atomic mass is 32.1. The van der Waals surface area contributed by atoms with Gasteiger partial charge in [-0.1, -0.05) is 6.07 Å². The summed E-state index contributed by atoms with van der Waals surface area (Å²) < 4.78 is 5.31. The summed E-state index contributed by atoms with van der Waals surface area (Å²) in [5.74, 6) is -1.03. The Hall–Kier alpha value is -2.40. The zero-order valence-corrected chi connectivity index (χ0v) is 15.8. The second kappa shape index (κ2) is 9.34. The first-order chi connectivity index (χ1) is 12.4. The molecule has 1 aromatic rings. The zero-order chi connectivity index (χ0) is 19.1. The molecule has 2 heterocycles. The molecule has 0 radical (unpaired) electrons. The minimum Gasteiger partial charge on any atom is -0.452 e. The van der Waals surface area contributed by atoms with Crippen LogP contribution in [-0.2, 0) is 14.3 Å². The first-order valence-corrected chi connectivity index (χ1v) is 9.47. The number of hydrogen-bond acceptors (Lipinski definition) is 6. The largest absolute Gasteiger partial charge is 0.452 e.